The van der Waals surface area contributed by atoms with Crippen LogP contribution < -0.4 is 10.1 Å². The molecule has 0 radical (unpaired) electrons. The second-order valence-corrected chi connectivity index (χ2v) is 4.52. The number of hydrogen-bond donors (Lipinski definition) is 1. The zero-order chi connectivity index (χ0) is 17.1. The fourth-order valence-electron chi connectivity index (χ4n) is 1.68. The molecule has 1 amide bonds. The first-order valence-electron chi connectivity index (χ1n) is 7.18. The molecule has 1 N–H and O–H groups in total. The van der Waals surface area contributed by atoms with Crippen LogP contribution >= 0.6 is 0 Å². The normalized spacial score (nSPS) is 9.57. The summed E-state index contributed by atoms with van der Waals surface area (Å²) in [6.07, 6.45) is 4.90. The Hall–Kier alpha value is -2.81. The van der Waals surface area contributed by atoms with Crippen molar-refractivity contribution in [2.45, 2.75) is 19.8 Å². The highest BCUT2D eigenvalue weighted by Crippen LogP contribution is 2.14. The third-order valence-corrected chi connectivity index (χ3v) is 2.80. The van der Waals surface area contributed by atoms with Crippen molar-refractivity contribution in [2.75, 3.05) is 19.8 Å². The van der Waals surface area contributed by atoms with Gasteiger partial charge in [-0.3, -0.25) is 14.4 Å². The number of esters is 1. The van der Waals surface area contributed by atoms with Gasteiger partial charge in [0.1, 0.15) is 5.75 Å². The maximum Gasteiger partial charge on any atom is 0.306 e. The molecule has 0 unspecified atom stereocenters. The monoisotopic (exact) mass is 317 g/mol. The van der Waals surface area contributed by atoms with E-state index >= 15 is 0 Å². The number of carbonyl (C=O) groups excluding carboxylic acids is 3. The van der Waals surface area contributed by atoms with E-state index in [0.29, 0.717) is 17.9 Å². The van der Waals surface area contributed by atoms with Crippen molar-refractivity contribution in [3.8, 4) is 18.1 Å². The van der Waals surface area contributed by atoms with Gasteiger partial charge < -0.3 is 14.8 Å². The molecule has 1 aromatic rings. The highest BCUT2D eigenvalue weighted by Gasteiger charge is 2.11. The predicted molar refractivity (Wildman–Crippen MR) is 84.0 cm³/mol. The van der Waals surface area contributed by atoms with Crippen LogP contribution in [0, 0.1) is 12.3 Å². The molecule has 0 bridgehead atoms. The highest BCUT2D eigenvalue weighted by atomic mass is 16.5. The van der Waals surface area contributed by atoms with Gasteiger partial charge in [0.15, 0.2) is 12.4 Å². The Morgan fingerprint density at radius 2 is 1.87 bits per heavy atom. The number of ether oxygens (including phenoxy) is 2. The Balaban J connectivity index is 2.33. The quantitative estimate of drug-likeness (QED) is 0.422. The lowest BCUT2D eigenvalue weighted by molar-refractivity contribution is -0.148. The number of ketones is 1. The van der Waals surface area contributed by atoms with E-state index in [1.807, 2.05) is 6.92 Å². The fraction of sp³-hybridized carbons (Fsp3) is 0.353. The molecule has 0 heterocycles. The van der Waals surface area contributed by atoms with E-state index in [-0.39, 0.29) is 25.2 Å². The van der Waals surface area contributed by atoms with Crippen LogP contribution in [-0.2, 0) is 14.3 Å². The lowest BCUT2D eigenvalue weighted by Crippen LogP contribution is -2.29. The van der Waals surface area contributed by atoms with Crippen LogP contribution in [0.4, 0.5) is 0 Å². The van der Waals surface area contributed by atoms with Gasteiger partial charge in [0.25, 0.3) is 5.91 Å². The van der Waals surface area contributed by atoms with Gasteiger partial charge in [0.2, 0.25) is 0 Å². The maximum atomic E-state index is 11.9. The second-order valence-electron chi connectivity index (χ2n) is 4.52. The van der Waals surface area contributed by atoms with Crippen LogP contribution in [-0.4, -0.2) is 37.4 Å². The van der Waals surface area contributed by atoms with E-state index in [9.17, 15) is 14.4 Å². The number of Topliss-reactive ketones (excluding diaryl/α,β-unsaturated/α-hetero) is 1. The molecule has 0 spiro atoms. The summed E-state index contributed by atoms with van der Waals surface area (Å²) in [6.45, 7) is 2.09. The molecular weight excluding hydrogens is 298 g/mol. The number of terminal acetylenes is 1. The largest absolute Gasteiger partial charge is 0.494 e. The molecule has 23 heavy (non-hydrogen) atoms. The molecule has 0 fully saturated rings. The van der Waals surface area contributed by atoms with Gasteiger partial charge in [0.05, 0.1) is 19.6 Å². The zero-order valence-electron chi connectivity index (χ0n) is 13.0. The Morgan fingerprint density at radius 3 is 2.48 bits per heavy atom. The van der Waals surface area contributed by atoms with Gasteiger partial charge in [-0.1, -0.05) is 5.92 Å². The minimum absolute atomic E-state index is 0.0127. The van der Waals surface area contributed by atoms with Gasteiger partial charge in [0, 0.05) is 12.0 Å². The van der Waals surface area contributed by atoms with E-state index in [4.69, 9.17) is 15.9 Å². The van der Waals surface area contributed by atoms with Crippen LogP contribution in [0.5, 0.6) is 5.75 Å². The molecule has 1 rings (SSSR count). The first-order chi connectivity index (χ1) is 11.1. The number of amides is 1. The number of benzene rings is 1. The average molecular weight is 317 g/mol. The summed E-state index contributed by atoms with van der Waals surface area (Å²) < 4.78 is 10.0. The number of hydrogen-bond acceptors (Lipinski definition) is 5. The lowest BCUT2D eigenvalue weighted by atomic mass is 10.1. The molecule has 0 aliphatic heterocycles. The van der Waals surface area contributed by atoms with Gasteiger partial charge in [-0.2, -0.15) is 0 Å². The summed E-state index contributed by atoms with van der Waals surface area (Å²) in [6, 6.07) is 6.69. The topological polar surface area (TPSA) is 81.7 Å². The number of carbonyl (C=O) groups is 3. The molecule has 1 aromatic carbocycles. The average Bonchev–Trinajstić information content (AvgIpc) is 2.56. The molecule has 122 valence electrons. The van der Waals surface area contributed by atoms with Crippen LogP contribution in [0.2, 0.25) is 0 Å². The predicted octanol–water partition coefficient (Wildman–Crippen LogP) is 1.34. The molecule has 0 saturated heterocycles. The Labute approximate surface area is 135 Å². The summed E-state index contributed by atoms with van der Waals surface area (Å²) in [4.78, 5) is 34.6. The van der Waals surface area contributed by atoms with Crippen molar-refractivity contribution in [1.29, 1.82) is 0 Å². The lowest BCUT2D eigenvalue weighted by Gasteiger charge is -2.06. The van der Waals surface area contributed by atoms with Crippen molar-refractivity contribution >= 4 is 17.7 Å². The molecule has 0 aromatic heterocycles. The van der Waals surface area contributed by atoms with Crippen molar-refractivity contribution in [3.63, 3.8) is 0 Å². The van der Waals surface area contributed by atoms with Gasteiger partial charge in [-0.25, -0.2) is 0 Å². The highest BCUT2D eigenvalue weighted by molar-refractivity contribution is 5.97. The van der Waals surface area contributed by atoms with Crippen molar-refractivity contribution in [2.24, 2.45) is 0 Å². The zero-order valence-corrected chi connectivity index (χ0v) is 13.0. The van der Waals surface area contributed by atoms with Gasteiger partial charge in [-0.05, 0) is 31.2 Å². The first kappa shape index (κ1) is 18.2. The van der Waals surface area contributed by atoms with Crippen LogP contribution in [0.3, 0.4) is 0 Å². The van der Waals surface area contributed by atoms with Gasteiger partial charge >= 0.3 is 5.97 Å². The molecular formula is C17H19NO5. The molecule has 6 nitrogen and oxygen atoms in total. The minimum atomic E-state index is -0.611. The summed E-state index contributed by atoms with van der Waals surface area (Å²) in [7, 11) is 0. The second kappa shape index (κ2) is 10.0. The SMILES string of the molecule is C#CCNC(=O)COC(=O)CCC(=O)c1ccc(OCC)cc1. The molecule has 6 heteroatoms. The van der Waals surface area contributed by atoms with E-state index in [1.54, 1.807) is 24.3 Å². The van der Waals surface area contributed by atoms with Gasteiger partial charge in [-0.15, -0.1) is 6.42 Å². The minimum Gasteiger partial charge on any atom is -0.494 e. The molecule has 0 aliphatic carbocycles. The van der Waals surface area contributed by atoms with Crippen molar-refractivity contribution < 1.29 is 23.9 Å². The number of rotatable bonds is 9. The number of nitrogens with one attached hydrogen (secondary N) is 1. The van der Waals surface area contributed by atoms with Crippen molar-refractivity contribution in [3.05, 3.63) is 29.8 Å². The van der Waals surface area contributed by atoms with E-state index in [0.717, 1.165) is 0 Å². The summed E-state index contributed by atoms with van der Waals surface area (Å²) >= 11 is 0. The van der Waals surface area contributed by atoms with E-state index in [1.165, 1.54) is 0 Å². The van der Waals surface area contributed by atoms with E-state index in [2.05, 4.69) is 11.2 Å². The third-order valence-electron chi connectivity index (χ3n) is 2.80. The van der Waals surface area contributed by atoms with Crippen LogP contribution in [0.1, 0.15) is 30.1 Å². The third kappa shape index (κ3) is 7.14. The Bertz CT molecular complexity index is 586. The molecule has 0 saturated carbocycles. The smallest absolute Gasteiger partial charge is 0.306 e. The molecule has 0 atom stereocenters. The fourth-order valence-corrected chi connectivity index (χ4v) is 1.68. The van der Waals surface area contributed by atoms with Crippen LogP contribution in [0.15, 0.2) is 24.3 Å². The van der Waals surface area contributed by atoms with Crippen molar-refractivity contribution in [1.82, 2.24) is 5.32 Å². The first-order valence-corrected chi connectivity index (χ1v) is 7.18. The maximum absolute atomic E-state index is 11.9. The summed E-state index contributed by atoms with van der Waals surface area (Å²) in [5.41, 5.74) is 0.494. The summed E-state index contributed by atoms with van der Waals surface area (Å²) in [5.74, 6) is 1.64. The Morgan fingerprint density at radius 1 is 1.17 bits per heavy atom. The standard InChI is InChI=1S/C17H19NO5/c1-3-11-18-16(20)12-23-17(21)10-9-15(19)13-5-7-14(8-6-13)22-4-2/h1,5-8H,4,9-12H2,2H3,(H,18,20). The van der Waals surface area contributed by atoms with Crippen LogP contribution in [0.25, 0.3) is 0 Å². The summed E-state index contributed by atoms with van der Waals surface area (Å²) in [5, 5.41) is 2.36. The van der Waals surface area contributed by atoms with E-state index < -0.39 is 18.5 Å². The Kier molecular flexibility index (Phi) is 7.94. The molecule has 0 aliphatic rings.